The van der Waals surface area contributed by atoms with E-state index in [2.05, 4.69) is 0 Å². The van der Waals surface area contributed by atoms with Gasteiger partial charge in [0.15, 0.2) is 0 Å². The molecule has 0 aliphatic rings. The Kier molecular flexibility index (Phi) is 3.85. The van der Waals surface area contributed by atoms with Crippen LogP contribution >= 0.6 is 0 Å². The maximum absolute atomic E-state index is 11.4. The average molecular weight is 196 g/mol. The summed E-state index contributed by atoms with van der Waals surface area (Å²) in [5.41, 5.74) is 6.67. The molecule has 0 aliphatic carbocycles. The number of hydrogen-bond acceptors (Lipinski definition) is 3. The molecule has 0 radical (unpaired) electrons. The van der Waals surface area contributed by atoms with Gasteiger partial charge >= 0.3 is 0 Å². The summed E-state index contributed by atoms with van der Waals surface area (Å²) in [5.74, 6) is 0. The van der Waals surface area contributed by atoms with Crippen molar-refractivity contribution in [1.82, 2.24) is 4.57 Å². The molecule has 1 aromatic rings. The second-order valence-corrected chi connectivity index (χ2v) is 3.33. The highest BCUT2D eigenvalue weighted by Gasteiger charge is 2.05. The molecule has 0 saturated heterocycles. The molecule has 0 aliphatic heterocycles. The molecule has 14 heavy (non-hydrogen) atoms. The van der Waals surface area contributed by atoms with Crippen molar-refractivity contribution in [3.8, 4) is 0 Å². The topological polar surface area (TPSA) is 57.2 Å². The van der Waals surface area contributed by atoms with E-state index < -0.39 is 0 Å². The minimum atomic E-state index is -0.140. The third-order valence-electron chi connectivity index (χ3n) is 2.07. The molecule has 1 heterocycles. The molecule has 78 valence electrons. The molecule has 4 nitrogen and oxygen atoms in total. The normalized spacial score (nSPS) is 12.8. The zero-order valence-electron chi connectivity index (χ0n) is 8.56. The number of hydrogen-bond donors (Lipinski definition) is 1. The number of rotatable bonds is 4. The summed E-state index contributed by atoms with van der Waals surface area (Å²) in [7, 11) is 1.60. The van der Waals surface area contributed by atoms with Gasteiger partial charge in [-0.2, -0.15) is 0 Å². The molecule has 1 rings (SSSR count). The van der Waals surface area contributed by atoms with Crippen LogP contribution in [0.2, 0.25) is 0 Å². The lowest BCUT2D eigenvalue weighted by Crippen LogP contribution is -2.35. The Hall–Kier alpha value is -1.13. The van der Waals surface area contributed by atoms with Gasteiger partial charge in [-0.15, -0.1) is 0 Å². The van der Waals surface area contributed by atoms with E-state index in [-0.39, 0.29) is 11.6 Å². The molecule has 0 bridgehead atoms. The van der Waals surface area contributed by atoms with Crippen molar-refractivity contribution >= 4 is 0 Å². The van der Waals surface area contributed by atoms with E-state index in [9.17, 15) is 4.79 Å². The van der Waals surface area contributed by atoms with Crippen molar-refractivity contribution in [3.63, 3.8) is 0 Å². The summed E-state index contributed by atoms with van der Waals surface area (Å²) in [6.45, 7) is 2.85. The van der Waals surface area contributed by atoms with Crippen LogP contribution in [-0.4, -0.2) is 24.3 Å². The largest absolute Gasteiger partial charge is 0.383 e. The van der Waals surface area contributed by atoms with Gasteiger partial charge in [-0.1, -0.05) is 6.07 Å². The Labute approximate surface area is 83.3 Å². The van der Waals surface area contributed by atoms with Crippen LogP contribution in [0.15, 0.2) is 23.0 Å². The van der Waals surface area contributed by atoms with Gasteiger partial charge in [-0.3, -0.25) is 4.79 Å². The van der Waals surface area contributed by atoms with E-state index in [1.807, 2.05) is 13.0 Å². The molecule has 0 spiro atoms. The fourth-order valence-corrected chi connectivity index (χ4v) is 1.36. The third-order valence-corrected chi connectivity index (χ3v) is 2.07. The second-order valence-electron chi connectivity index (χ2n) is 3.33. The Morgan fingerprint density at radius 1 is 1.57 bits per heavy atom. The van der Waals surface area contributed by atoms with Gasteiger partial charge in [0.1, 0.15) is 0 Å². The van der Waals surface area contributed by atoms with E-state index in [4.69, 9.17) is 10.5 Å². The number of ether oxygens (including phenoxy) is 1. The highest BCUT2D eigenvalue weighted by atomic mass is 16.5. The molecule has 1 atom stereocenters. The molecule has 2 N–H and O–H groups in total. The summed E-state index contributed by atoms with van der Waals surface area (Å²) < 4.78 is 6.57. The lowest BCUT2D eigenvalue weighted by atomic mass is 10.3. The summed E-state index contributed by atoms with van der Waals surface area (Å²) in [5, 5.41) is 0. The predicted molar refractivity (Wildman–Crippen MR) is 55.3 cm³/mol. The molecular formula is C10H16N2O2. The highest BCUT2D eigenvalue weighted by molar-refractivity contribution is 5.04. The average Bonchev–Trinajstić information content (AvgIpc) is 2.12. The fourth-order valence-electron chi connectivity index (χ4n) is 1.36. The van der Waals surface area contributed by atoms with E-state index in [1.165, 1.54) is 6.07 Å². The minimum Gasteiger partial charge on any atom is -0.383 e. The molecule has 0 amide bonds. The zero-order valence-corrected chi connectivity index (χ0v) is 8.56. The van der Waals surface area contributed by atoms with Gasteiger partial charge < -0.3 is 15.0 Å². The molecular weight excluding hydrogens is 180 g/mol. The monoisotopic (exact) mass is 196 g/mol. The van der Waals surface area contributed by atoms with Crippen molar-refractivity contribution in [2.45, 2.75) is 19.5 Å². The second kappa shape index (κ2) is 4.93. The quantitative estimate of drug-likeness (QED) is 0.744. The minimum absolute atomic E-state index is 0.0171. The summed E-state index contributed by atoms with van der Waals surface area (Å²) >= 11 is 0. The van der Waals surface area contributed by atoms with Crippen LogP contribution in [-0.2, 0) is 11.3 Å². The first-order chi connectivity index (χ1) is 6.65. The Bertz CT molecular complexity index is 346. The number of aromatic nitrogens is 1. The zero-order chi connectivity index (χ0) is 10.6. The number of pyridine rings is 1. The van der Waals surface area contributed by atoms with Crippen molar-refractivity contribution in [1.29, 1.82) is 0 Å². The van der Waals surface area contributed by atoms with Crippen LogP contribution in [0.3, 0.4) is 0 Å². The number of nitrogens with two attached hydrogens (primary N) is 1. The van der Waals surface area contributed by atoms with Crippen LogP contribution in [0.1, 0.15) is 5.69 Å². The standard InChI is InChI=1S/C10H16N2O2/c1-8-4-3-5-10(13)12(8)6-9(11)7-14-2/h3-5,9H,6-7,11H2,1-2H3. The van der Waals surface area contributed by atoms with Gasteiger partial charge in [0.2, 0.25) is 0 Å². The van der Waals surface area contributed by atoms with E-state index in [0.717, 1.165) is 5.69 Å². The van der Waals surface area contributed by atoms with E-state index in [1.54, 1.807) is 17.7 Å². The Balaban J connectivity index is 2.80. The molecule has 4 heteroatoms. The smallest absolute Gasteiger partial charge is 0.250 e. The lowest BCUT2D eigenvalue weighted by Gasteiger charge is -2.14. The molecule has 0 saturated carbocycles. The maximum Gasteiger partial charge on any atom is 0.250 e. The van der Waals surface area contributed by atoms with Gasteiger partial charge in [0, 0.05) is 31.5 Å². The first-order valence-corrected chi connectivity index (χ1v) is 4.56. The third kappa shape index (κ3) is 2.68. The first kappa shape index (κ1) is 10.9. The van der Waals surface area contributed by atoms with Crippen LogP contribution < -0.4 is 11.3 Å². The van der Waals surface area contributed by atoms with Gasteiger partial charge in [0.25, 0.3) is 5.56 Å². The highest BCUT2D eigenvalue weighted by Crippen LogP contribution is 1.95. The SMILES string of the molecule is COCC(N)Cn1c(C)cccc1=O. The van der Waals surface area contributed by atoms with Crippen molar-refractivity contribution in [3.05, 3.63) is 34.2 Å². The summed E-state index contributed by atoms with van der Waals surface area (Å²) in [6.07, 6.45) is 0. The summed E-state index contributed by atoms with van der Waals surface area (Å²) in [6, 6.07) is 5.03. The van der Waals surface area contributed by atoms with E-state index in [0.29, 0.717) is 13.2 Å². The Morgan fingerprint density at radius 2 is 2.29 bits per heavy atom. The van der Waals surface area contributed by atoms with Crippen LogP contribution in [0.5, 0.6) is 0 Å². The van der Waals surface area contributed by atoms with Gasteiger partial charge in [-0.05, 0) is 13.0 Å². The molecule has 1 aromatic heterocycles. The Morgan fingerprint density at radius 3 is 2.86 bits per heavy atom. The molecule has 0 aromatic carbocycles. The maximum atomic E-state index is 11.4. The molecule has 1 unspecified atom stereocenters. The van der Waals surface area contributed by atoms with E-state index >= 15 is 0 Å². The van der Waals surface area contributed by atoms with Crippen molar-refractivity contribution in [2.75, 3.05) is 13.7 Å². The number of nitrogens with zero attached hydrogens (tertiary/aromatic N) is 1. The van der Waals surface area contributed by atoms with Gasteiger partial charge in [0.05, 0.1) is 6.61 Å². The fraction of sp³-hybridized carbons (Fsp3) is 0.500. The molecule has 0 fully saturated rings. The number of aryl methyl sites for hydroxylation is 1. The van der Waals surface area contributed by atoms with Crippen LogP contribution in [0.25, 0.3) is 0 Å². The lowest BCUT2D eigenvalue weighted by molar-refractivity contribution is 0.173. The van der Waals surface area contributed by atoms with Crippen molar-refractivity contribution < 1.29 is 4.74 Å². The predicted octanol–water partition coefficient (Wildman–Crippen LogP) is 0.130. The van der Waals surface area contributed by atoms with Crippen molar-refractivity contribution in [2.24, 2.45) is 5.73 Å². The summed E-state index contributed by atoms with van der Waals surface area (Å²) in [4.78, 5) is 11.4. The van der Waals surface area contributed by atoms with Crippen LogP contribution in [0.4, 0.5) is 0 Å². The van der Waals surface area contributed by atoms with Crippen LogP contribution in [0, 0.1) is 6.92 Å². The number of methoxy groups -OCH3 is 1. The first-order valence-electron chi connectivity index (χ1n) is 4.56. The van der Waals surface area contributed by atoms with Gasteiger partial charge in [-0.25, -0.2) is 0 Å².